The maximum absolute atomic E-state index is 12.8. The highest BCUT2D eigenvalue weighted by Crippen LogP contribution is 2.41. The molecule has 0 bridgehead atoms. The minimum atomic E-state index is -3.70. The van der Waals surface area contributed by atoms with Crippen LogP contribution < -0.4 is 9.47 Å². The molecule has 8 nitrogen and oxygen atoms in total. The SMILES string of the molecule is CCOc1cc2c(cc1OCC)[C@H](CC(=O)OC)N(S(=O)(=O)N(C)C)CC2. The minimum Gasteiger partial charge on any atom is -0.490 e. The molecule has 0 N–H and O–H groups in total. The van der Waals surface area contributed by atoms with Crippen molar-refractivity contribution in [3.05, 3.63) is 23.3 Å². The Morgan fingerprint density at radius 1 is 1.19 bits per heavy atom. The van der Waals surface area contributed by atoms with Gasteiger partial charge < -0.3 is 14.2 Å². The van der Waals surface area contributed by atoms with Crippen LogP contribution >= 0.6 is 0 Å². The van der Waals surface area contributed by atoms with E-state index < -0.39 is 22.2 Å². The van der Waals surface area contributed by atoms with E-state index >= 15 is 0 Å². The number of rotatable bonds is 8. The standard InChI is InChI=1S/C18H28N2O6S/c1-6-25-16-10-13-8-9-20(27(22,23)19(3)4)15(12-18(21)24-5)14(13)11-17(16)26-7-2/h10-11,15H,6-9,12H2,1-5H3/t15-/m0/s1. The summed E-state index contributed by atoms with van der Waals surface area (Å²) in [5, 5.41) is 0. The molecule has 0 spiro atoms. The third-order valence-electron chi connectivity index (χ3n) is 4.46. The molecule has 0 fully saturated rings. The van der Waals surface area contributed by atoms with Crippen molar-refractivity contribution in [2.75, 3.05) is 41.0 Å². The molecule has 9 heteroatoms. The summed E-state index contributed by atoms with van der Waals surface area (Å²) in [6.07, 6.45) is 0.447. The van der Waals surface area contributed by atoms with Crippen LogP contribution in [-0.2, 0) is 26.2 Å². The highest BCUT2D eigenvalue weighted by molar-refractivity contribution is 7.86. The van der Waals surface area contributed by atoms with Crippen molar-refractivity contribution in [3.63, 3.8) is 0 Å². The quantitative estimate of drug-likeness (QED) is 0.618. The van der Waals surface area contributed by atoms with E-state index in [0.717, 1.165) is 15.4 Å². The van der Waals surface area contributed by atoms with Crippen molar-refractivity contribution < 1.29 is 27.4 Å². The van der Waals surface area contributed by atoms with E-state index in [1.807, 2.05) is 19.9 Å². The first-order valence-electron chi connectivity index (χ1n) is 8.94. The van der Waals surface area contributed by atoms with Crippen LogP contribution in [0.25, 0.3) is 0 Å². The van der Waals surface area contributed by atoms with Crippen molar-refractivity contribution in [3.8, 4) is 11.5 Å². The zero-order valence-electron chi connectivity index (χ0n) is 16.5. The molecule has 0 unspecified atom stereocenters. The van der Waals surface area contributed by atoms with Gasteiger partial charge >= 0.3 is 5.97 Å². The number of carbonyl (C=O) groups is 1. The topological polar surface area (TPSA) is 85.4 Å². The summed E-state index contributed by atoms with van der Waals surface area (Å²) in [5.41, 5.74) is 1.69. The first-order valence-corrected chi connectivity index (χ1v) is 10.3. The predicted molar refractivity (Wildman–Crippen MR) is 101 cm³/mol. The van der Waals surface area contributed by atoms with E-state index in [1.165, 1.54) is 25.5 Å². The number of hydrogen-bond donors (Lipinski definition) is 0. The Balaban J connectivity index is 2.57. The van der Waals surface area contributed by atoms with Crippen LogP contribution in [0.3, 0.4) is 0 Å². The van der Waals surface area contributed by atoms with Gasteiger partial charge in [-0.3, -0.25) is 4.79 Å². The van der Waals surface area contributed by atoms with E-state index in [2.05, 4.69) is 0 Å². The van der Waals surface area contributed by atoms with Gasteiger partial charge in [0.25, 0.3) is 10.2 Å². The van der Waals surface area contributed by atoms with Gasteiger partial charge in [0.15, 0.2) is 11.5 Å². The summed E-state index contributed by atoms with van der Waals surface area (Å²) in [6.45, 7) is 4.96. The van der Waals surface area contributed by atoms with E-state index in [1.54, 1.807) is 6.07 Å². The molecule has 1 aliphatic rings. The molecule has 27 heavy (non-hydrogen) atoms. The van der Waals surface area contributed by atoms with E-state index in [9.17, 15) is 13.2 Å². The Labute approximate surface area is 161 Å². The second-order valence-corrected chi connectivity index (χ2v) is 8.41. The van der Waals surface area contributed by atoms with Gasteiger partial charge in [0, 0.05) is 20.6 Å². The molecule has 0 amide bonds. The van der Waals surface area contributed by atoms with Crippen molar-refractivity contribution in [1.29, 1.82) is 0 Å². The van der Waals surface area contributed by atoms with Gasteiger partial charge in [-0.1, -0.05) is 0 Å². The van der Waals surface area contributed by atoms with Crippen LogP contribution in [0.1, 0.15) is 37.4 Å². The Morgan fingerprint density at radius 2 is 1.78 bits per heavy atom. The van der Waals surface area contributed by atoms with Crippen LogP contribution in [0.2, 0.25) is 0 Å². The fraction of sp³-hybridized carbons (Fsp3) is 0.611. The zero-order chi connectivity index (χ0) is 20.2. The molecule has 2 rings (SSSR count). The van der Waals surface area contributed by atoms with Crippen LogP contribution in [0.5, 0.6) is 11.5 Å². The first kappa shape index (κ1) is 21.5. The molecule has 1 aromatic rings. The summed E-state index contributed by atoms with van der Waals surface area (Å²) < 4.78 is 44.3. The lowest BCUT2D eigenvalue weighted by molar-refractivity contribution is -0.141. The van der Waals surface area contributed by atoms with Gasteiger partial charge in [0.05, 0.1) is 32.8 Å². The number of esters is 1. The summed E-state index contributed by atoms with van der Waals surface area (Å²) in [5.74, 6) is 0.689. The Hall–Kier alpha value is -1.84. The average Bonchev–Trinajstić information content (AvgIpc) is 2.62. The molecular weight excluding hydrogens is 372 g/mol. The number of fused-ring (bicyclic) bond motifs is 1. The van der Waals surface area contributed by atoms with Gasteiger partial charge in [-0.15, -0.1) is 0 Å². The van der Waals surface area contributed by atoms with Crippen LogP contribution in [0.15, 0.2) is 12.1 Å². The summed E-state index contributed by atoms with van der Waals surface area (Å²) in [4.78, 5) is 12.0. The number of hydrogen-bond acceptors (Lipinski definition) is 6. The monoisotopic (exact) mass is 400 g/mol. The first-order chi connectivity index (χ1) is 12.8. The van der Waals surface area contributed by atoms with Gasteiger partial charge in [-0.05, 0) is 43.5 Å². The predicted octanol–water partition coefficient (Wildman–Crippen LogP) is 1.75. The van der Waals surface area contributed by atoms with Crippen molar-refractivity contribution >= 4 is 16.2 Å². The number of methoxy groups -OCH3 is 1. The largest absolute Gasteiger partial charge is 0.490 e. The molecule has 0 radical (unpaired) electrons. The highest BCUT2D eigenvalue weighted by Gasteiger charge is 2.38. The lowest BCUT2D eigenvalue weighted by Crippen LogP contribution is -2.46. The van der Waals surface area contributed by atoms with Gasteiger partial charge in [-0.25, -0.2) is 0 Å². The third kappa shape index (κ3) is 4.53. The van der Waals surface area contributed by atoms with E-state index in [0.29, 0.717) is 31.1 Å². The highest BCUT2D eigenvalue weighted by atomic mass is 32.2. The normalized spacial score (nSPS) is 17.5. The van der Waals surface area contributed by atoms with Gasteiger partial charge in [-0.2, -0.15) is 17.0 Å². The van der Waals surface area contributed by atoms with Crippen molar-refractivity contribution in [2.45, 2.75) is 32.7 Å². The average molecular weight is 400 g/mol. The fourth-order valence-corrected chi connectivity index (χ4v) is 4.41. The molecule has 1 aliphatic heterocycles. The lowest BCUT2D eigenvalue weighted by atomic mass is 9.91. The smallest absolute Gasteiger partial charge is 0.307 e. The Kier molecular flexibility index (Phi) is 7.07. The van der Waals surface area contributed by atoms with Gasteiger partial charge in [0.2, 0.25) is 0 Å². The zero-order valence-corrected chi connectivity index (χ0v) is 17.3. The molecule has 0 saturated heterocycles. The minimum absolute atomic E-state index is 0.0733. The second-order valence-electron chi connectivity index (χ2n) is 6.31. The summed E-state index contributed by atoms with van der Waals surface area (Å²) in [6, 6.07) is 3.01. The molecule has 0 saturated carbocycles. The van der Waals surface area contributed by atoms with Gasteiger partial charge in [0.1, 0.15) is 0 Å². The molecule has 1 atom stereocenters. The maximum Gasteiger partial charge on any atom is 0.307 e. The number of ether oxygens (including phenoxy) is 3. The van der Waals surface area contributed by atoms with Crippen LogP contribution in [0, 0.1) is 0 Å². The fourth-order valence-electron chi connectivity index (χ4n) is 3.16. The Morgan fingerprint density at radius 3 is 2.30 bits per heavy atom. The van der Waals surface area contributed by atoms with Crippen LogP contribution in [-0.4, -0.2) is 64.0 Å². The van der Waals surface area contributed by atoms with E-state index in [-0.39, 0.29) is 13.0 Å². The Bertz CT molecular complexity index is 778. The van der Waals surface area contributed by atoms with Crippen LogP contribution in [0.4, 0.5) is 0 Å². The third-order valence-corrected chi connectivity index (χ3v) is 6.41. The molecular formula is C18H28N2O6S. The number of nitrogens with zero attached hydrogens (tertiary/aromatic N) is 2. The second kappa shape index (κ2) is 8.90. The maximum atomic E-state index is 12.8. The number of benzene rings is 1. The number of carbonyl (C=O) groups excluding carboxylic acids is 1. The van der Waals surface area contributed by atoms with Crippen molar-refractivity contribution in [2.24, 2.45) is 0 Å². The molecule has 0 aliphatic carbocycles. The molecule has 1 heterocycles. The summed E-state index contributed by atoms with van der Waals surface area (Å²) in [7, 11) is 0.540. The van der Waals surface area contributed by atoms with Crippen molar-refractivity contribution in [1.82, 2.24) is 8.61 Å². The summed E-state index contributed by atoms with van der Waals surface area (Å²) >= 11 is 0. The molecule has 1 aromatic carbocycles. The molecule has 152 valence electrons. The lowest BCUT2D eigenvalue weighted by Gasteiger charge is -2.37. The molecule has 0 aromatic heterocycles. The van der Waals surface area contributed by atoms with E-state index in [4.69, 9.17) is 14.2 Å².